The molecule has 0 bridgehead atoms. The Hall–Kier alpha value is -1.88. The monoisotopic (exact) mass is 289 g/mol. The first-order valence-electron chi connectivity index (χ1n) is 7.38. The second-order valence-corrected chi connectivity index (χ2v) is 5.44. The molecule has 0 spiro atoms. The van der Waals surface area contributed by atoms with E-state index >= 15 is 0 Å². The summed E-state index contributed by atoms with van der Waals surface area (Å²) in [7, 11) is 0. The van der Waals surface area contributed by atoms with E-state index in [1.165, 1.54) is 5.56 Å². The van der Waals surface area contributed by atoms with E-state index in [4.69, 9.17) is 15.0 Å². The summed E-state index contributed by atoms with van der Waals surface area (Å²) in [5.41, 5.74) is 8.20. The minimum atomic E-state index is 0.0930. The van der Waals surface area contributed by atoms with Crippen molar-refractivity contribution < 1.29 is 9.26 Å². The highest BCUT2D eigenvalue weighted by Gasteiger charge is 2.10. The molecule has 0 aliphatic carbocycles. The molecule has 2 rings (SSSR count). The molecular weight excluding hydrogens is 266 g/mol. The van der Waals surface area contributed by atoms with E-state index in [0.29, 0.717) is 18.3 Å². The quantitative estimate of drug-likeness (QED) is 0.848. The number of benzene rings is 1. The van der Waals surface area contributed by atoms with Gasteiger partial charge in [0.15, 0.2) is 6.61 Å². The molecule has 5 nitrogen and oxygen atoms in total. The molecule has 1 heterocycles. The van der Waals surface area contributed by atoms with Crippen LogP contribution in [0.2, 0.25) is 0 Å². The number of nitrogens with two attached hydrogens (primary N) is 1. The molecule has 2 aromatic rings. The maximum Gasteiger partial charge on any atom is 0.226 e. The number of hydrogen-bond donors (Lipinski definition) is 1. The van der Waals surface area contributed by atoms with Gasteiger partial charge in [-0.25, -0.2) is 0 Å². The average molecular weight is 289 g/mol. The molecule has 1 aromatic carbocycles. The van der Waals surface area contributed by atoms with Gasteiger partial charge in [0.2, 0.25) is 11.7 Å². The summed E-state index contributed by atoms with van der Waals surface area (Å²) in [4.78, 5) is 4.30. The summed E-state index contributed by atoms with van der Waals surface area (Å²) in [6, 6.07) is 6.20. The second kappa shape index (κ2) is 7.22. The van der Waals surface area contributed by atoms with Crippen molar-refractivity contribution in [1.82, 2.24) is 10.1 Å². The molecule has 0 saturated carbocycles. The van der Waals surface area contributed by atoms with Crippen molar-refractivity contribution in [2.24, 2.45) is 5.73 Å². The van der Waals surface area contributed by atoms with Crippen LogP contribution in [-0.4, -0.2) is 16.2 Å². The zero-order valence-corrected chi connectivity index (χ0v) is 12.9. The fraction of sp³-hybridized carbons (Fsp3) is 0.500. The zero-order chi connectivity index (χ0) is 15.2. The summed E-state index contributed by atoms with van der Waals surface area (Å²) < 4.78 is 11.0. The Bertz CT molecular complexity index is 579. The summed E-state index contributed by atoms with van der Waals surface area (Å²) in [5.74, 6) is 2.07. The number of rotatable bonds is 7. The van der Waals surface area contributed by atoms with Crippen molar-refractivity contribution in [3.05, 3.63) is 41.0 Å². The smallest absolute Gasteiger partial charge is 0.226 e. The molecule has 0 amide bonds. The lowest BCUT2D eigenvalue weighted by molar-refractivity contribution is 0.282. The molecule has 1 aromatic heterocycles. The topological polar surface area (TPSA) is 74.2 Å². The Morgan fingerprint density at radius 3 is 2.90 bits per heavy atom. The van der Waals surface area contributed by atoms with Crippen LogP contribution >= 0.6 is 0 Å². The van der Waals surface area contributed by atoms with Gasteiger partial charge in [-0.1, -0.05) is 29.8 Å². The van der Waals surface area contributed by atoms with Gasteiger partial charge in [-0.3, -0.25) is 0 Å². The number of ether oxygens (including phenoxy) is 1. The molecule has 0 fully saturated rings. The van der Waals surface area contributed by atoms with Crippen molar-refractivity contribution in [3.8, 4) is 5.75 Å². The number of aryl methyl sites for hydroxylation is 2. The Morgan fingerprint density at radius 1 is 1.38 bits per heavy atom. The Kier molecular flexibility index (Phi) is 5.33. The summed E-state index contributed by atoms with van der Waals surface area (Å²) in [6.45, 7) is 6.43. The molecule has 1 atom stereocenters. The van der Waals surface area contributed by atoms with Gasteiger partial charge in [0.25, 0.3) is 0 Å². The van der Waals surface area contributed by atoms with Crippen LogP contribution in [0.4, 0.5) is 0 Å². The van der Waals surface area contributed by atoms with Crippen LogP contribution in [0.1, 0.15) is 43.1 Å². The predicted octanol–water partition coefficient (Wildman–Crippen LogP) is 2.80. The molecule has 0 radical (unpaired) electrons. The van der Waals surface area contributed by atoms with Crippen molar-refractivity contribution in [2.75, 3.05) is 0 Å². The fourth-order valence-corrected chi connectivity index (χ4v) is 2.16. The van der Waals surface area contributed by atoms with Gasteiger partial charge >= 0.3 is 0 Å². The lowest BCUT2D eigenvalue weighted by Crippen LogP contribution is -2.18. The third-order valence-electron chi connectivity index (χ3n) is 3.09. The highest BCUT2D eigenvalue weighted by Crippen LogP contribution is 2.22. The molecule has 5 heteroatoms. The van der Waals surface area contributed by atoms with Crippen molar-refractivity contribution in [3.63, 3.8) is 0 Å². The predicted molar refractivity (Wildman–Crippen MR) is 81.2 cm³/mol. The van der Waals surface area contributed by atoms with Gasteiger partial charge in [0.1, 0.15) is 5.75 Å². The summed E-state index contributed by atoms with van der Waals surface area (Å²) in [5, 5.41) is 3.92. The van der Waals surface area contributed by atoms with Gasteiger partial charge in [-0.2, -0.15) is 4.98 Å². The van der Waals surface area contributed by atoms with Crippen molar-refractivity contribution in [1.29, 1.82) is 0 Å². The number of nitrogens with zero attached hydrogens (tertiary/aromatic N) is 2. The molecule has 114 valence electrons. The minimum Gasteiger partial charge on any atom is -0.485 e. The van der Waals surface area contributed by atoms with Crippen LogP contribution in [0.5, 0.6) is 5.75 Å². The lowest BCUT2D eigenvalue weighted by atomic mass is 10.0. The third kappa shape index (κ3) is 4.56. The van der Waals surface area contributed by atoms with E-state index in [2.05, 4.69) is 30.1 Å². The van der Waals surface area contributed by atoms with E-state index in [0.717, 1.165) is 30.6 Å². The largest absolute Gasteiger partial charge is 0.485 e. The first kappa shape index (κ1) is 15.5. The molecule has 21 heavy (non-hydrogen) atoms. The van der Waals surface area contributed by atoms with Gasteiger partial charge < -0.3 is 15.0 Å². The third-order valence-corrected chi connectivity index (χ3v) is 3.09. The average Bonchev–Trinajstić information content (AvgIpc) is 2.85. The second-order valence-electron chi connectivity index (χ2n) is 5.44. The number of hydrogen-bond acceptors (Lipinski definition) is 5. The van der Waals surface area contributed by atoms with Crippen molar-refractivity contribution >= 4 is 0 Å². The Morgan fingerprint density at radius 2 is 2.19 bits per heavy atom. The van der Waals surface area contributed by atoms with Gasteiger partial charge in [-0.05, 0) is 38.3 Å². The normalized spacial score (nSPS) is 12.4. The maximum atomic E-state index is 5.89. The molecule has 2 N–H and O–H groups in total. The van der Waals surface area contributed by atoms with Gasteiger partial charge in [0.05, 0.1) is 0 Å². The Balaban J connectivity index is 2.04. The standard InChI is InChI=1S/C16H23N3O2/c1-4-5-16-18-15(19-21-16)10-20-14-7-6-11(2)8-13(14)9-12(3)17/h6-8,12H,4-5,9-10,17H2,1-3H3. The minimum absolute atomic E-state index is 0.0930. The van der Waals surface area contributed by atoms with Gasteiger partial charge in [0, 0.05) is 12.5 Å². The van der Waals surface area contributed by atoms with Crippen molar-refractivity contribution in [2.45, 2.75) is 52.7 Å². The lowest BCUT2D eigenvalue weighted by Gasteiger charge is -2.13. The summed E-state index contributed by atoms with van der Waals surface area (Å²) >= 11 is 0. The molecule has 0 saturated heterocycles. The highest BCUT2D eigenvalue weighted by atomic mass is 16.5. The van der Waals surface area contributed by atoms with E-state index < -0.39 is 0 Å². The molecule has 0 aliphatic rings. The SMILES string of the molecule is CCCc1nc(COc2ccc(C)cc2CC(C)N)no1. The zero-order valence-electron chi connectivity index (χ0n) is 12.9. The van der Waals surface area contributed by atoms with Crippen LogP contribution in [0.15, 0.2) is 22.7 Å². The van der Waals surface area contributed by atoms with Crippen LogP contribution < -0.4 is 10.5 Å². The molecular formula is C16H23N3O2. The van der Waals surface area contributed by atoms with Crippen LogP contribution in [0, 0.1) is 6.92 Å². The van der Waals surface area contributed by atoms with Crippen LogP contribution in [0.25, 0.3) is 0 Å². The molecule has 0 aliphatic heterocycles. The first-order chi connectivity index (χ1) is 10.1. The van der Waals surface area contributed by atoms with E-state index in [1.54, 1.807) is 0 Å². The van der Waals surface area contributed by atoms with Crippen LogP contribution in [-0.2, 0) is 19.4 Å². The van der Waals surface area contributed by atoms with E-state index in [-0.39, 0.29) is 6.04 Å². The first-order valence-corrected chi connectivity index (χ1v) is 7.38. The van der Waals surface area contributed by atoms with Crippen LogP contribution in [0.3, 0.4) is 0 Å². The van der Waals surface area contributed by atoms with Gasteiger partial charge in [-0.15, -0.1) is 0 Å². The van der Waals surface area contributed by atoms with E-state index in [1.807, 2.05) is 19.1 Å². The highest BCUT2D eigenvalue weighted by molar-refractivity contribution is 5.37. The summed E-state index contributed by atoms with van der Waals surface area (Å²) in [6.07, 6.45) is 2.57. The van der Waals surface area contributed by atoms with E-state index in [9.17, 15) is 0 Å². The Labute approximate surface area is 125 Å². The molecule has 1 unspecified atom stereocenters. The fourth-order valence-electron chi connectivity index (χ4n) is 2.16. The number of aromatic nitrogens is 2. The maximum absolute atomic E-state index is 5.89.